The largest absolute Gasteiger partial charge is 0.374 e. The van der Waals surface area contributed by atoms with Crippen LogP contribution in [0.4, 0.5) is 0 Å². The van der Waals surface area contributed by atoms with Crippen molar-refractivity contribution in [2.45, 2.75) is 38.2 Å². The molecule has 0 aromatic heterocycles. The van der Waals surface area contributed by atoms with Gasteiger partial charge < -0.3 is 4.74 Å². The molecule has 0 saturated carbocycles. The molecule has 0 aliphatic heterocycles. The molecule has 0 saturated heterocycles. The molecule has 0 fully saturated rings. The first kappa shape index (κ1) is 16.5. The summed E-state index contributed by atoms with van der Waals surface area (Å²) in [6.45, 7) is 4.70. The van der Waals surface area contributed by atoms with E-state index in [2.05, 4.69) is 67.2 Å². The van der Waals surface area contributed by atoms with E-state index in [9.17, 15) is 0 Å². The summed E-state index contributed by atoms with van der Waals surface area (Å²) in [6.07, 6.45) is 7.55. The van der Waals surface area contributed by atoms with E-state index in [1.165, 1.54) is 11.1 Å². The fourth-order valence-electron chi connectivity index (χ4n) is 2.58. The van der Waals surface area contributed by atoms with Gasteiger partial charge in [-0.3, -0.25) is 0 Å². The van der Waals surface area contributed by atoms with Crippen LogP contribution < -0.4 is 0 Å². The van der Waals surface area contributed by atoms with Crippen molar-refractivity contribution in [1.82, 2.24) is 0 Å². The van der Waals surface area contributed by atoms with Gasteiger partial charge in [0.15, 0.2) is 0 Å². The molecule has 22 heavy (non-hydrogen) atoms. The first-order chi connectivity index (χ1) is 10.9. The number of hydrogen-bond acceptors (Lipinski definition) is 1. The lowest BCUT2D eigenvalue weighted by molar-refractivity contribution is 0.0767. The van der Waals surface area contributed by atoms with Crippen molar-refractivity contribution in [2.75, 3.05) is 6.61 Å². The Morgan fingerprint density at radius 3 is 1.91 bits per heavy atom. The first-order valence-corrected chi connectivity index (χ1v) is 8.20. The SMILES string of the molecule is C=C[C@@H](CCCc1ccccc1)OCCCc1ccccc1. The minimum absolute atomic E-state index is 0.180. The Bertz CT molecular complexity index is 518. The van der Waals surface area contributed by atoms with E-state index in [1.807, 2.05) is 6.08 Å². The van der Waals surface area contributed by atoms with E-state index >= 15 is 0 Å². The Morgan fingerprint density at radius 2 is 1.36 bits per heavy atom. The summed E-state index contributed by atoms with van der Waals surface area (Å²) in [6, 6.07) is 21.2. The highest BCUT2D eigenvalue weighted by atomic mass is 16.5. The van der Waals surface area contributed by atoms with Crippen LogP contribution >= 0.6 is 0 Å². The third-order valence-corrected chi connectivity index (χ3v) is 3.84. The summed E-state index contributed by atoms with van der Waals surface area (Å²) >= 11 is 0. The van der Waals surface area contributed by atoms with Crippen LogP contribution in [0.3, 0.4) is 0 Å². The van der Waals surface area contributed by atoms with E-state index in [4.69, 9.17) is 4.74 Å². The fraction of sp³-hybridized carbons (Fsp3) is 0.333. The van der Waals surface area contributed by atoms with Crippen LogP contribution in [0.25, 0.3) is 0 Å². The van der Waals surface area contributed by atoms with E-state index < -0.39 is 0 Å². The van der Waals surface area contributed by atoms with Crippen LogP contribution in [-0.4, -0.2) is 12.7 Å². The quantitative estimate of drug-likeness (QED) is 0.431. The van der Waals surface area contributed by atoms with Gasteiger partial charge in [-0.1, -0.05) is 66.7 Å². The predicted octanol–water partition coefficient (Wildman–Crippen LogP) is 5.21. The Kier molecular flexibility index (Phi) is 7.48. The molecule has 0 bridgehead atoms. The van der Waals surface area contributed by atoms with Crippen LogP contribution in [0.15, 0.2) is 73.3 Å². The molecular weight excluding hydrogens is 268 g/mol. The number of hydrogen-bond donors (Lipinski definition) is 0. The maximum absolute atomic E-state index is 5.93. The van der Waals surface area contributed by atoms with Gasteiger partial charge in [-0.15, -0.1) is 6.58 Å². The molecular formula is C21H26O. The standard InChI is InChI=1S/C21H26O/c1-2-21(17-9-15-19-11-5-3-6-12-19)22-18-10-16-20-13-7-4-8-14-20/h2-8,11-14,21H,1,9-10,15-18H2/t21-/m0/s1. The summed E-state index contributed by atoms with van der Waals surface area (Å²) < 4.78 is 5.93. The molecule has 1 heteroatoms. The van der Waals surface area contributed by atoms with Crippen LogP contribution in [0, 0.1) is 0 Å². The van der Waals surface area contributed by atoms with E-state index in [-0.39, 0.29) is 6.10 Å². The Labute approximate surface area is 134 Å². The van der Waals surface area contributed by atoms with Gasteiger partial charge in [0.1, 0.15) is 0 Å². The summed E-state index contributed by atoms with van der Waals surface area (Å²) in [4.78, 5) is 0. The Morgan fingerprint density at radius 1 is 0.818 bits per heavy atom. The zero-order valence-electron chi connectivity index (χ0n) is 13.3. The van der Waals surface area contributed by atoms with Gasteiger partial charge in [0.2, 0.25) is 0 Å². The number of benzene rings is 2. The fourth-order valence-corrected chi connectivity index (χ4v) is 2.58. The molecule has 0 N–H and O–H groups in total. The third kappa shape index (κ3) is 6.28. The Balaban J connectivity index is 1.59. The lowest BCUT2D eigenvalue weighted by Gasteiger charge is -2.14. The third-order valence-electron chi connectivity index (χ3n) is 3.84. The molecule has 116 valence electrons. The van der Waals surface area contributed by atoms with Crippen molar-refractivity contribution in [3.05, 3.63) is 84.4 Å². The summed E-state index contributed by atoms with van der Waals surface area (Å²) in [5.74, 6) is 0. The second-order valence-electron chi connectivity index (χ2n) is 5.61. The maximum Gasteiger partial charge on any atom is 0.0753 e. The topological polar surface area (TPSA) is 9.23 Å². The van der Waals surface area contributed by atoms with Gasteiger partial charge in [-0.2, -0.15) is 0 Å². The lowest BCUT2D eigenvalue weighted by atomic mass is 10.1. The number of ether oxygens (including phenoxy) is 1. The summed E-state index contributed by atoms with van der Waals surface area (Å²) in [5, 5.41) is 0. The summed E-state index contributed by atoms with van der Waals surface area (Å²) in [5.41, 5.74) is 2.78. The maximum atomic E-state index is 5.93. The van der Waals surface area contributed by atoms with E-state index in [0.29, 0.717) is 0 Å². The highest BCUT2D eigenvalue weighted by Crippen LogP contribution is 2.10. The van der Waals surface area contributed by atoms with Crippen molar-refractivity contribution >= 4 is 0 Å². The minimum Gasteiger partial charge on any atom is -0.374 e. The number of aryl methyl sites for hydroxylation is 2. The second-order valence-corrected chi connectivity index (χ2v) is 5.61. The van der Waals surface area contributed by atoms with Crippen LogP contribution in [-0.2, 0) is 17.6 Å². The molecule has 1 atom stereocenters. The molecule has 0 unspecified atom stereocenters. The lowest BCUT2D eigenvalue weighted by Crippen LogP contribution is -2.11. The van der Waals surface area contributed by atoms with Crippen molar-refractivity contribution in [3.63, 3.8) is 0 Å². The molecule has 2 rings (SSSR count). The molecule has 0 heterocycles. The smallest absolute Gasteiger partial charge is 0.0753 e. The van der Waals surface area contributed by atoms with E-state index in [0.717, 1.165) is 38.7 Å². The van der Waals surface area contributed by atoms with Gasteiger partial charge in [0, 0.05) is 6.61 Å². The van der Waals surface area contributed by atoms with Gasteiger partial charge in [-0.25, -0.2) is 0 Å². The van der Waals surface area contributed by atoms with Crippen molar-refractivity contribution in [3.8, 4) is 0 Å². The van der Waals surface area contributed by atoms with Gasteiger partial charge in [0.05, 0.1) is 6.10 Å². The second kappa shape index (κ2) is 9.97. The van der Waals surface area contributed by atoms with E-state index in [1.54, 1.807) is 0 Å². The van der Waals surface area contributed by atoms with Crippen LogP contribution in [0.1, 0.15) is 30.4 Å². The molecule has 0 aliphatic rings. The molecule has 0 radical (unpaired) electrons. The molecule has 0 aliphatic carbocycles. The summed E-state index contributed by atoms with van der Waals surface area (Å²) in [7, 11) is 0. The van der Waals surface area contributed by atoms with Crippen molar-refractivity contribution in [1.29, 1.82) is 0 Å². The monoisotopic (exact) mass is 294 g/mol. The van der Waals surface area contributed by atoms with Gasteiger partial charge >= 0.3 is 0 Å². The van der Waals surface area contributed by atoms with Crippen molar-refractivity contribution < 1.29 is 4.74 Å². The molecule has 2 aromatic carbocycles. The molecule has 2 aromatic rings. The molecule has 1 nitrogen and oxygen atoms in total. The predicted molar refractivity (Wildman–Crippen MR) is 94.1 cm³/mol. The minimum atomic E-state index is 0.180. The molecule has 0 spiro atoms. The van der Waals surface area contributed by atoms with Crippen LogP contribution in [0.5, 0.6) is 0 Å². The van der Waals surface area contributed by atoms with Crippen molar-refractivity contribution in [2.24, 2.45) is 0 Å². The first-order valence-electron chi connectivity index (χ1n) is 8.20. The molecule has 0 amide bonds. The zero-order chi connectivity index (χ0) is 15.5. The Hall–Kier alpha value is -1.86. The van der Waals surface area contributed by atoms with Gasteiger partial charge in [-0.05, 0) is 43.2 Å². The highest BCUT2D eigenvalue weighted by molar-refractivity contribution is 5.15. The van der Waals surface area contributed by atoms with Gasteiger partial charge in [0.25, 0.3) is 0 Å². The average molecular weight is 294 g/mol. The average Bonchev–Trinajstić information content (AvgIpc) is 2.59. The highest BCUT2D eigenvalue weighted by Gasteiger charge is 2.04. The normalized spacial score (nSPS) is 12.0. The van der Waals surface area contributed by atoms with Crippen LogP contribution in [0.2, 0.25) is 0 Å². The number of rotatable bonds is 10. The zero-order valence-corrected chi connectivity index (χ0v) is 13.3.